The summed E-state index contributed by atoms with van der Waals surface area (Å²) in [4.78, 5) is 21.8. The number of ether oxygens (including phenoxy) is 1. The molecule has 5 nitrogen and oxygen atoms in total. The van der Waals surface area contributed by atoms with Crippen molar-refractivity contribution in [2.45, 2.75) is 32.8 Å². The average Bonchev–Trinajstić information content (AvgIpc) is 2.36. The lowest BCUT2D eigenvalue weighted by Gasteiger charge is -2.22. The Morgan fingerprint density at radius 2 is 1.89 bits per heavy atom. The number of benzene rings is 1. The van der Waals surface area contributed by atoms with Crippen LogP contribution in [0.25, 0.3) is 0 Å². The lowest BCUT2D eigenvalue weighted by molar-refractivity contribution is -0.384. The minimum atomic E-state index is -0.495. The highest BCUT2D eigenvalue weighted by molar-refractivity contribution is 5.97. The van der Waals surface area contributed by atoms with Gasteiger partial charge < -0.3 is 4.74 Å². The van der Waals surface area contributed by atoms with E-state index in [-0.39, 0.29) is 23.7 Å². The summed E-state index contributed by atoms with van der Waals surface area (Å²) in [5.41, 5.74) is 0.0602. The number of nitro benzene ring substituents is 1. The van der Waals surface area contributed by atoms with E-state index in [1.54, 1.807) is 0 Å². The molecule has 0 aliphatic carbocycles. The van der Waals surface area contributed by atoms with E-state index in [9.17, 15) is 14.9 Å². The number of Topliss-reactive ketones (excluding diaryl/α,β-unsaturated/α-hetero) is 1. The van der Waals surface area contributed by atoms with Crippen molar-refractivity contribution < 1.29 is 14.5 Å². The molecule has 0 aliphatic rings. The van der Waals surface area contributed by atoms with Gasteiger partial charge in [0.15, 0.2) is 5.78 Å². The van der Waals surface area contributed by atoms with Gasteiger partial charge in [0.1, 0.15) is 6.61 Å². The van der Waals surface area contributed by atoms with Crippen LogP contribution in [0.2, 0.25) is 0 Å². The van der Waals surface area contributed by atoms with Crippen LogP contribution < -0.4 is 0 Å². The molecule has 18 heavy (non-hydrogen) atoms. The van der Waals surface area contributed by atoms with Gasteiger partial charge in [-0.1, -0.05) is 6.92 Å². The largest absolute Gasteiger partial charge is 0.367 e. The first-order chi connectivity index (χ1) is 8.35. The second-order valence-electron chi connectivity index (χ2n) is 4.63. The first-order valence-electron chi connectivity index (χ1n) is 5.77. The smallest absolute Gasteiger partial charge is 0.269 e. The molecule has 0 saturated carbocycles. The van der Waals surface area contributed by atoms with Gasteiger partial charge >= 0.3 is 0 Å². The normalized spacial score (nSPS) is 11.3. The minimum absolute atomic E-state index is 0.0152. The van der Waals surface area contributed by atoms with Crippen molar-refractivity contribution in [3.8, 4) is 0 Å². The Labute approximate surface area is 106 Å². The maximum Gasteiger partial charge on any atom is 0.269 e. The number of carbonyl (C=O) groups is 1. The van der Waals surface area contributed by atoms with Crippen LogP contribution in [0.1, 0.15) is 37.6 Å². The first-order valence-corrected chi connectivity index (χ1v) is 5.77. The number of ketones is 1. The summed E-state index contributed by atoms with van der Waals surface area (Å²) in [6.07, 6.45) is 0.806. The molecule has 0 aliphatic heterocycles. The highest BCUT2D eigenvalue weighted by Gasteiger charge is 2.18. The highest BCUT2D eigenvalue weighted by Crippen LogP contribution is 2.16. The van der Waals surface area contributed by atoms with E-state index in [4.69, 9.17) is 4.74 Å². The predicted octanol–water partition coefficient (Wildman–Crippen LogP) is 2.98. The maximum atomic E-state index is 11.8. The van der Waals surface area contributed by atoms with Gasteiger partial charge in [-0.25, -0.2) is 0 Å². The first kappa shape index (κ1) is 14.3. The summed E-state index contributed by atoms with van der Waals surface area (Å²) in [5.74, 6) is -0.175. The summed E-state index contributed by atoms with van der Waals surface area (Å²) < 4.78 is 5.49. The van der Waals surface area contributed by atoms with Crippen LogP contribution in [0.4, 0.5) is 5.69 Å². The summed E-state index contributed by atoms with van der Waals surface area (Å²) in [6.45, 7) is 5.79. The van der Waals surface area contributed by atoms with E-state index >= 15 is 0 Å². The van der Waals surface area contributed by atoms with Crippen LogP contribution >= 0.6 is 0 Å². The molecule has 0 atom stereocenters. The fourth-order valence-corrected chi connectivity index (χ4v) is 1.22. The van der Waals surface area contributed by atoms with Crippen molar-refractivity contribution in [1.82, 2.24) is 0 Å². The second kappa shape index (κ2) is 5.73. The van der Waals surface area contributed by atoms with Crippen molar-refractivity contribution >= 4 is 11.5 Å². The summed E-state index contributed by atoms with van der Waals surface area (Å²) in [5, 5.41) is 10.5. The fourth-order valence-electron chi connectivity index (χ4n) is 1.22. The van der Waals surface area contributed by atoms with Crippen LogP contribution in [-0.4, -0.2) is 22.9 Å². The Balaban J connectivity index is 2.65. The summed E-state index contributed by atoms with van der Waals surface area (Å²) in [6, 6.07) is 5.53. The molecule has 0 radical (unpaired) electrons. The van der Waals surface area contributed by atoms with Crippen molar-refractivity contribution in [3.05, 3.63) is 39.9 Å². The minimum Gasteiger partial charge on any atom is -0.367 e. The Kier molecular flexibility index (Phi) is 4.55. The van der Waals surface area contributed by atoms with Crippen LogP contribution in [0.15, 0.2) is 24.3 Å². The van der Waals surface area contributed by atoms with E-state index < -0.39 is 4.92 Å². The molecule has 0 N–H and O–H groups in total. The van der Waals surface area contributed by atoms with Crippen LogP contribution in [0, 0.1) is 10.1 Å². The Bertz CT molecular complexity index is 437. The summed E-state index contributed by atoms with van der Waals surface area (Å²) >= 11 is 0. The molecule has 0 saturated heterocycles. The molecular weight excluding hydrogens is 234 g/mol. The van der Waals surface area contributed by atoms with Gasteiger partial charge in [-0.2, -0.15) is 0 Å². The number of nitrogens with zero attached hydrogens (tertiary/aromatic N) is 1. The predicted molar refractivity (Wildman–Crippen MR) is 67.7 cm³/mol. The molecular formula is C13H17NO4. The number of rotatable bonds is 6. The number of carbonyl (C=O) groups excluding carboxylic acids is 1. The highest BCUT2D eigenvalue weighted by atomic mass is 16.6. The van der Waals surface area contributed by atoms with Gasteiger partial charge in [0.25, 0.3) is 5.69 Å². The molecule has 1 rings (SSSR count). The van der Waals surface area contributed by atoms with E-state index in [0.29, 0.717) is 5.56 Å². The molecule has 0 spiro atoms. The van der Waals surface area contributed by atoms with E-state index in [0.717, 1.165) is 6.42 Å². The molecule has 5 heteroatoms. The topological polar surface area (TPSA) is 69.4 Å². The third-order valence-corrected chi connectivity index (χ3v) is 2.85. The monoisotopic (exact) mass is 251 g/mol. The SMILES string of the molecule is CCC(C)(C)OCC(=O)c1ccc([N+](=O)[O-])cc1. The van der Waals surface area contributed by atoms with Crippen molar-refractivity contribution in [3.63, 3.8) is 0 Å². The quantitative estimate of drug-likeness (QED) is 0.442. The third-order valence-electron chi connectivity index (χ3n) is 2.85. The van der Waals surface area contributed by atoms with Crippen LogP contribution in [-0.2, 0) is 4.74 Å². The molecule has 1 aromatic rings. The number of hydrogen-bond donors (Lipinski definition) is 0. The lowest BCUT2D eigenvalue weighted by atomic mass is 10.1. The van der Waals surface area contributed by atoms with E-state index in [2.05, 4.69) is 0 Å². The number of non-ortho nitro benzene ring substituents is 1. The zero-order chi connectivity index (χ0) is 13.8. The average molecular weight is 251 g/mol. The molecule has 0 aromatic heterocycles. The number of nitro groups is 1. The zero-order valence-electron chi connectivity index (χ0n) is 10.8. The van der Waals surface area contributed by atoms with Crippen LogP contribution in [0.3, 0.4) is 0 Å². The van der Waals surface area contributed by atoms with Crippen molar-refractivity contribution in [2.75, 3.05) is 6.61 Å². The van der Waals surface area contributed by atoms with Gasteiger partial charge in [0.05, 0.1) is 10.5 Å². The van der Waals surface area contributed by atoms with Crippen LogP contribution in [0.5, 0.6) is 0 Å². The third kappa shape index (κ3) is 3.92. The van der Waals surface area contributed by atoms with Gasteiger partial charge in [0.2, 0.25) is 0 Å². The van der Waals surface area contributed by atoms with E-state index in [1.807, 2.05) is 20.8 Å². The molecule has 0 amide bonds. The molecule has 0 bridgehead atoms. The van der Waals surface area contributed by atoms with Gasteiger partial charge in [-0.05, 0) is 32.4 Å². The Morgan fingerprint density at radius 3 is 2.33 bits per heavy atom. The Hall–Kier alpha value is -1.75. The molecule has 98 valence electrons. The maximum absolute atomic E-state index is 11.8. The van der Waals surface area contributed by atoms with Gasteiger partial charge in [-0.15, -0.1) is 0 Å². The lowest BCUT2D eigenvalue weighted by Crippen LogP contribution is -2.26. The standard InChI is InChI=1S/C13H17NO4/c1-4-13(2,3)18-9-12(15)10-5-7-11(8-6-10)14(16)17/h5-8H,4,9H2,1-3H3. The zero-order valence-corrected chi connectivity index (χ0v) is 10.8. The summed E-state index contributed by atoms with van der Waals surface area (Å²) in [7, 11) is 0. The van der Waals surface area contributed by atoms with Crippen molar-refractivity contribution in [1.29, 1.82) is 0 Å². The fraction of sp³-hybridized carbons (Fsp3) is 0.462. The van der Waals surface area contributed by atoms with E-state index in [1.165, 1.54) is 24.3 Å². The van der Waals surface area contributed by atoms with Gasteiger partial charge in [0, 0.05) is 17.7 Å². The molecule has 0 unspecified atom stereocenters. The van der Waals surface area contributed by atoms with Crippen molar-refractivity contribution in [2.24, 2.45) is 0 Å². The molecule has 0 fully saturated rings. The number of hydrogen-bond acceptors (Lipinski definition) is 4. The van der Waals surface area contributed by atoms with Gasteiger partial charge in [-0.3, -0.25) is 14.9 Å². The Morgan fingerprint density at radius 1 is 1.33 bits per heavy atom. The molecule has 0 heterocycles. The molecule has 1 aromatic carbocycles. The second-order valence-corrected chi connectivity index (χ2v) is 4.63.